The molecule has 0 atom stereocenters. The molecule has 2 aliphatic rings. The Morgan fingerprint density at radius 1 is 1.23 bits per heavy atom. The average molecular weight is 574 g/mol. The highest BCUT2D eigenvalue weighted by molar-refractivity contribution is 14.0. The van der Waals surface area contributed by atoms with Gasteiger partial charge in [0.05, 0.1) is 6.54 Å². The lowest BCUT2D eigenvalue weighted by Gasteiger charge is -2.32. The third-order valence-corrected chi connectivity index (χ3v) is 7.51. The summed E-state index contributed by atoms with van der Waals surface area (Å²) in [5.74, 6) is 0.620. The molecular weight excluding hydrogens is 544 g/mol. The molecule has 1 saturated heterocycles. The number of guanidine groups is 1. The molecule has 0 amide bonds. The van der Waals surface area contributed by atoms with Crippen molar-refractivity contribution in [2.75, 3.05) is 26.2 Å². The summed E-state index contributed by atoms with van der Waals surface area (Å²) in [6, 6.07) is 8.18. The number of halogens is 4. The van der Waals surface area contributed by atoms with Crippen LogP contribution in [0.15, 0.2) is 29.3 Å². The first kappa shape index (κ1) is 26.2. The highest BCUT2D eigenvalue weighted by Gasteiger charge is 2.50. The standard InChI is InChI=1S/C20H29F3N4O2S.HI/c1-3-24-18(25-14-19(10-11-19)17-7-5-4-6-15(17)2)26-16-8-12-27(13-9-16)30(28,29)20(21,22)23;/h4-7,16H,3,8-14H2,1-2H3,(H2,24,25,26);1H. The number of nitrogens with zero attached hydrogens (tertiary/aromatic N) is 2. The second kappa shape index (κ2) is 10.2. The zero-order valence-corrected chi connectivity index (χ0v) is 20.9. The van der Waals surface area contributed by atoms with Crippen molar-refractivity contribution in [1.29, 1.82) is 0 Å². The summed E-state index contributed by atoms with van der Waals surface area (Å²) in [5.41, 5.74) is -2.63. The van der Waals surface area contributed by atoms with Gasteiger partial charge in [-0.2, -0.15) is 17.5 Å². The first-order chi connectivity index (χ1) is 14.1. The molecule has 2 N–H and O–H groups in total. The molecule has 0 spiro atoms. The maximum absolute atomic E-state index is 12.7. The van der Waals surface area contributed by atoms with Gasteiger partial charge >= 0.3 is 15.5 Å². The largest absolute Gasteiger partial charge is 0.511 e. The van der Waals surface area contributed by atoms with Gasteiger partial charge < -0.3 is 10.6 Å². The zero-order valence-electron chi connectivity index (χ0n) is 17.7. The van der Waals surface area contributed by atoms with E-state index in [4.69, 9.17) is 4.99 Å². The first-order valence-electron chi connectivity index (χ1n) is 10.3. The molecule has 1 aromatic rings. The van der Waals surface area contributed by atoms with E-state index in [1.807, 2.05) is 19.1 Å². The highest BCUT2D eigenvalue weighted by atomic mass is 127. The van der Waals surface area contributed by atoms with E-state index in [0.29, 0.717) is 36.2 Å². The van der Waals surface area contributed by atoms with Crippen molar-refractivity contribution in [3.8, 4) is 0 Å². The van der Waals surface area contributed by atoms with Gasteiger partial charge in [-0.05, 0) is 50.7 Å². The van der Waals surface area contributed by atoms with Crippen LogP contribution in [0.1, 0.15) is 43.7 Å². The maximum Gasteiger partial charge on any atom is 0.511 e. The van der Waals surface area contributed by atoms with Gasteiger partial charge in [-0.1, -0.05) is 24.3 Å². The molecule has 2 fully saturated rings. The summed E-state index contributed by atoms with van der Waals surface area (Å²) in [6.45, 7) is 5.02. The monoisotopic (exact) mass is 574 g/mol. The summed E-state index contributed by atoms with van der Waals surface area (Å²) in [5, 5.41) is 6.46. The minimum Gasteiger partial charge on any atom is -0.357 e. The molecule has 1 aliphatic heterocycles. The Kier molecular flexibility index (Phi) is 8.65. The van der Waals surface area contributed by atoms with Gasteiger partial charge in [-0.3, -0.25) is 4.99 Å². The van der Waals surface area contributed by atoms with Crippen molar-refractivity contribution >= 4 is 40.0 Å². The third-order valence-electron chi connectivity index (χ3n) is 5.88. The summed E-state index contributed by atoms with van der Waals surface area (Å²) in [7, 11) is -5.26. The Morgan fingerprint density at radius 3 is 2.35 bits per heavy atom. The molecule has 6 nitrogen and oxygen atoms in total. The number of rotatable bonds is 6. The van der Waals surface area contributed by atoms with E-state index in [9.17, 15) is 21.6 Å². The average Bonchev–Trinajstić information content (AvgIpc) is 3.47. The van der Waals surface area contributed by atoms with Crippen molar-refractivity contribution in [1.82, 2.24) is 14.9 Å². The molecule has 0 radical (unpaired) electrons. The molecule has 31 heavy (non-hydrogen) atoms. The molecule has 3 rings (SSSR count). The zero-order chi connectivity index (χ0) is 22.0. The number of piperidine rings is 1. The Morgan fingerprint density at radius 2 is 1.84 bits per heavy atom. The lowest BCUT2D eigenvalue weighted by Crippen LogP contribution is -2.51. The summed E-state index contributed by atoms with van der Waals surface area (Å²) < 4.78 is 61.9. The van der Waals surface area contributed by atoms with E-state index in [1.165, 1.54) is 11.1 Å². The smallest absolute Gasteiger partial charge is 0.357 e. The van der Waals surface area contributed by atoms with Crippen molar-refractivity contribution in [2.45, 2.75) is 56.5 Å². The molecule has 1 aromatic carbocycles. The van der Waals surface area contributed by atoms with Crippen molar-refractivity contribution in [3.63, 3.8) is 0 Å². The van der Waals surface area contributed by atoms with E-state index in [-0.39, 0.29) is 48.5 Å². The molecule has 0 bridgehead atoms. The normalized spacial score (nSPS) is 20.1. The van der Waals surface area contributed by atoms with Crippen LogP contribution in [0.4, 0.5) is 13.2 Å². The highest BCUT2D eigenvalue weighted by Crippen LogP contribution is 2.49. The molecule has 176 valence electrons. The Bertz CT molecular complexity index is 881. The van der Waals surface area contributed by atoms with E-state index < -0.39 is 15.5 Å². The maximum atomic E-state index is 12.7. The first-order valence-corrected chi connectivity index (χ1v) is 11.7. The van der Waals surface area contributed by atoms with Crippen molar-refractivity contribution in [2.24, 2.45) is 4.99 Å². The minimum atomic E-state index is -5.26. The summed E-state index contributed by atoms with van der Waals surface area (Å²) in [6.07, 6.45) is 2.74. The van der Waals surface area contributed by atoms with Gasteiger partial charge in [0.15, 0.2) is 5.96 Å². The van der Waals surface area contributed by atoms with Crippen molar-refractivity contribution < 1.29 is 21.6 Å². The predicted octanol–water partition coefficient (Wildman–Crippen LogP) is 3.51. The number of benzene rings is 1. The van der Waals surface area contributed by atoms with Gasteiger partial charge in [-0.25, -0.2) is 8.42 Å². The number of hydrogen-bond donors (Lipinski definition) is 2. The SMILES string of the molecule is CCNC(=NCC1(c2ccccc2C)CC1)NC1CCN(S(=O)(=O)C(F)(F)F)CC1.I. The Balaban J connectivity index is 0.00000341. The molecule has 0 aromatic heterocycles. The lowest BCUT2D eigenvalue weighted by atomic mass is 9.92. The predicted molar refractivity (Wildman–Crippen MR) is 126 cm³/mol. The van der Waals surface area contributed by atoms with Gasteiger partial charge in [-0.15, -0.1) is 24.0 Å². The van der Waals surface area contributed by atoms with Crippen LogP contribution in [-0.4, -0.2) is 56.4 Å². The van der Waals surface area contributed by atoms with Gasteiger partial charge in [0.25, 0.3) is 0 Å². The van der Waals surface area contributed by atoms with Crippen LogP contribution in [0.5, 0.6) is 0 Å². The molecular formula is C20H30F3IN4O2S. The fourth-order valence-corrected chi connectivity index (χ4v) is 4.95. The van der Waals surface area contributed by atoms with Crippen LogP contribution in [0.25, 0.3) is 0 Å². The lowest BCUT2D eigenvalue weighted by molar-refractivity contribution is -0.0494. The Hall–Kier alpha value is -1.08. The number of nitrogens with one attached hydrogen (secondary N) is 2. The second-order valence-corrected chi connectivity index (χ2v) is 9.99. The number of aliphatic imine (C=N–C) groups is 1. The summed E-state index contributed by atoms with van der Waals surface area (Å²) >= 11 is 0. The Labute approximate surface area is 199 Å². The van der Waals surface area contributed by atoms with Gasteiger partial charge in [0, 0.05) is 31.1 Å². The van der Waals surface area contributed by atoms with Crippen LogP contribution in [0, 0.1) is 6.92 Å². The van der Waals surface area contributed by atoms with E-state index in [1.54, 1.807) is 0 Å². The van der Waals surface area contributed by atoms with Crippen LogP contribution in [0.3, 0.4) is 0 Å². The third kappa shape index (κ3) is 6.04. The van der Waals surface area contributed by atoms with E-state index in [0.717, 1.165) is 12.8 Å². The van der Waals surface area contributed by atoms with Crippen LogP contribution >= 0.6 is 24.0 Å². The van der Waals surface area contributed by atoms with Crippen molar-refractivity contribution in [3.05, 3.63) is 35.4 Å². The van der Waals surface area contributed by atoms with Crippen LogP contribution < -0.4 is 10.6 Å². The quantitative estimate of drug-likeness (QED) is 0.310. The number of hydrogen-bond acceptors (Lipinski definition) is 3. The fourth-order valence-electron chi connectivity index (χ4n) is 3.96. The number of alkyl halides is 3. The van der Waals surface area contributed by atoms with Gasteiger partial charge in [0.1, 0.15) is 0 Å². The topological polar surface area (TPSA) is 73.8 Å². The van der Waals surface area contributed by atoms with Gasteiger partial charge in [0.2, 0.25) is 0 Å². The minimum absolute atomic E-state index is 0. The van der Waals surface area contributed by atoms with Crippen LogP contribution in [0.2, 0.25) is 0 Å². The molecule has 1 heterocycles. The number of sulfonamides is 1. The van der Waals surface area contributed by atoms with Crippen LogP contribution in [-0.2, 0) is 15.4 Å². The van der Waals surface area contributed by atoms with E-state index >= 15 is 0 Å². The molecule has 1 saturated carbocycles. The summed E-state index contributed by atoms with van der Waals surface area (Å²) in [4.78, 5) is 4.75. The fraction of sp³-hybridized carbons (Fsp3) is 0.650. The molecule has 0 unspecified atom stereocenters. The number of aryl methyl sites for hydroxylation is 1. The molecule has 1 aliphatic carbocycles. The second-order valence-electron chi connectivity index (χ2n) is 8.06. The molecule has 11 heteroatoms. The van der Waals surface area contributed by atoms with E-state index in [2.05, 4.69) is 29.7 Å².